The van der Waals surface area contributed by atoms with Crippen LogP contribution in [0, 0.1) is 0 Å². The third-order valence-electron chi connectivity index (χ3n) is 5.53. The molecule has 0 aromatic heterocycles. The average Bonchev–Trinajstić information content (AvgIpc) is 3.15. The van der Waals surface area contributed by atoms with Crippen LogP contribution in [-0.4, -0.2) is 73.8 Å². The lowest BCUT2D eigenvalue weighted by atomic mass is 10.0. The first-order chi connectivity index (χ1) is 12.4. The van der Waals surface area contributed by atoms with Crippen LogP contribution in [0.15, 0.2) is 24.3 Å². The summed E-state index contributed by atoms with van der Waals surface area (Å²) < 4.78 is 28.6. The normalized spacial score (nSPS) is 28.0. The van der Waals surface area contributed by atoms with Gasteiger partial charge in [0.1, 0.15) is 6.10 Å². The smallest absolute Gasteiger partial charge is 0.339 e. The SMILES string of the molecule is O=C1O[C@@H](CC(=O)N2CCN([C@H]3CCS(=O)(=O)C3)CC2)c2ccccc21. The van der Waals surface area contributed by atoms with E-state index in [1.54, 1.807) is 17.0 Å². The third-order valence-corrected chi connectivity index (χ3v) is 7.28. The van der Waals surface area contributed by atoms with Gasteiger partial charge in [0.15, 0.2) is 9.84 Å². The molecule has 4 rings (SSSR count). The lowest BCUT2D eigenvalue weighted by Gasteiger charge is -2.37. The van der Waals surface area contributed by atoms with Gasteiger partial charge in [-0.3, -0.25) is 9.69 Å². The summed E-state index contributed by atoms with van der Waals surface area (Å²) in [6, 6.07) is 7.26. The predicted molar refractivity (Wildman–Crippen MR) is 94.4 cm³/mol. The summed E-state index contributed by atoms with van der Waals surface area (Å²) in [7, 11) is -2.89. The highest BCUT2D eigenvalue weighted by Gasteiger charge is 2.36. The van der Waals surface area contributed by atoms with Crippen LogP contribution in [-0.2, 0) is 19.4 Å². The standard InChI is InChI=1S/C18H22N2O5S/c21-17(11-16-14-3-1-2-4-15(14)18(22)25-16)20-8-6-19(7-9-20)13-5-10-26(23,24)12-13/h1-4,13,16H,5-12H2/t13-,16-/m0/s1. The molecule has 26 heavy (non-hydrogen) atoms. The van der Waals surface area contributed by atoms with E-state index in [1.165, 1.54) is 0 Å². The van der Waals surface area contributed by atoms with Crippen molar-refractivity contribution < 1.29 is 22.7 Å². The van der Waals surface area contributed by atoms with E-state index in [-0.39, 0.29) is 35.8 Å². The fourth-order valence-corrected chi connectivity index (χ4v) is 5.82. The fourth-order valence-electron chi connectivity index (χ4n) is 4.06. The van der Waals surface area contributed by atoms with Crippen LogP contribution < -0.4 is 0 Å². The Balaban J connectivity index is 1.33. The molecule has 0 spiro atoms. The van der Waals surface area contributed by atoms with Crippen LogP contribution in [0.4, 0.5) is 0 Å². The Morgan fingerprint density at radius 3 is 2.58 bits per heavy atom. The predicted octanol–water partition coefficient (Wildman–Crippen LogP) is 0.620. The molecule has 1 aromatic rings. The number of carbonyl (C=O) groups excluding carboxylic acids is 2. The maximum Gasteiger partial charge on any atom is 0.339 e. The molecule has 0 radical (unpaired) electrons. The zero-order valence-corrected chi connectivity index (χ0v) is 15.3. The number of piperazine rings is 1. The van der Waals surface area contributed by atoms with Crippen molar-refractivity contribution in [3.05, 3.63) is 35.4 Å². The molecule has 140 valence electrons. The molecule has 3 heterocycles. The van der Waals surface area contributed by atoms with Crippen molar-refractivity contribution in [3.63, 3.8) is 0 Å². The Kier molecular flexibility index (Phi) is 4.48. The van der Waals surface area contributed by atoms with E-state index in [1.807, 2.05) is 12.1 Å². The first-order valence-corrected chi connectivity index (χ1v) is 10.8. The van der Waals surface area contributed by atoms with Gasteiger partial charge in [0, 0.05) is 37.8 Å². The highest BCUT2D eigenvalue weighted by atomic mass is 32.2. The Morgan fingerprint density at radius 1 is 1.15 bits per heavy atom. The van der Waals surface area contributed by atoms with E-state index < -0.39 is 15.9 Å². The number of nitrogens with zero attached hydrogens (tertiary/aromatic N) is 2. The Labute approximate surface area is 152 Å². The van der Waals surface area contributed by atoms with Crippen LogP contribution in [0.3, 0.4) is 0 Å². The number of ether oxygens (including phenoxy) is 1. The van der Waals surface area contributed by atoms with Crippen molar-refractivity contribution in [1.29, 1.82) is 0 Å². The number of esters is 1. The van der Waals surface area contributed by atoms with Gasteiger partial charge in [-0.25, -0.2) is 13.2 Å². The number of carbonyl (C=O) groups is 2. The van der Waals surface area contributed by atoms with Gasteiger partial charge in [-0.2, -0.15) is 0 Å². The highest BCUT2D eigenvalue weighted by molar-refractivity contribution is 7.91. The molecule has 8 heteroatoms. The lowest BCUT2D eigenvalue weighted by molar-refractivity contribution is -0.135. The Morgan fingerprint density at radius 2 is 1.88 bits per heavy atom. The summed E-state index contributed by atoms with van der Waals surface area (Å²) in [5, 5.41) is 0. The van der Waals surface area contributed by atoms with E-state index in [0.29, 0.717) is 38.2 Å². The van der Waals surface area contributed by atoms with E-state index in [2.05, 4.69) is 4.90 Å². The van der Waals surface area contributed by atoms with Gasteiger partial charge in [-0.15, -0.1) is 0 Å². The molecule has 7 nitrogen and oxygen atoms in total. The molecule has 3 aliphatic heterocycles. The molecule has 0 saturated carbocycles. The summed E-state index contributed by atoms with van der Waals surface area (Å²) in [4.78, 5) is 28.5. The summed E-state index contributed by atoms with van der Waals surface area (Å²) in [5.41, 5.74) is 1.32. The molecule has 2 atom stereocenters. The van der Waals surface area contributed by atoms with Crippen LogP contribution in [0.2, 0.25) is 0 Å². The summed E-state index contributed by atoms with van der Waals surface area (Å²) >= 11 is 0. The molecule has 3 aliphatic rings. The van der Waals surface area contributed by atoms with Crippen molar-refractivity contribution >= 4 is 21.7 Å². The van der Waals surface area contributed by atoms with E-state index in [0.717, 1.165) is 5.56 Å². The number of hydrogen-bond acceptors (Lipinski definition) is 6. The van der Waals surface area contributed by atoms with Crippen LogP contribution >= 0.6 is 0 Å². The molecule has 1 aromatic carbocycles. The number of benzene rings is 1. The van der Waals surface area contributed by atoms with Crippen molar-refractivity contribution in [2.75, 3.05) is 37.7 Å². The maximum absolute atomic E-state index is 12.6. The molecular formula is C18H22N2O5S. The largest absolute Gasteiger partial charge is 0.453 e. The second kappa shape index (κ2) is 6.66. The van der Waals surface area contributed by atoms with E-state index in [9.17, 15) is 18.0 Å². The summed E-state index contributed by atoms with van der Waals surface area (Å²) in [5.74, 6) is 0.0998. The molecule has 0 N–H and O–H groups in total. The minimum atomic E-state index is -2.89. The monoisotopic (exact) mass is 378 g/mol. The van der Waals surface area contributed by atoms with Crippen LogP contribution in [0.5, 0.6) is 0 Å². The third kappa shape index (κ3) is 3.35. The number of sulfone groups is 1. The van der Waals surface area contributed by atoms with E-state index in [4.69, 9.17) is 4.74 Å². The molecule has 1 amide bonds. The molecule has 2 saturated heterocycles. The van der Waals surface area contributed by atoms with Crippen LogP contribution in [0.1, 0.15) is 34.9 Å². The van der Waals surface area contributed by atoms with Gasteiger partial charge in [-0.1, -0.05) is 18.2 Å². The van der Waals surface area contributed by atoms with Crippen molar-refractivity contribution in [1.82, 2.24) is 9.80 Å². The Bertz CT molecular complexity index is 830. The van der Waals surface area contributed by atoms with Gasteiger partial charge >= 0.3 is 5.97 Å². The zero-order chi connectivity index (χ0) is 18.3. The molecule has 0 aliphatic carbocycles. The fraction of sp³-hybridized carbons (Fsp3) is 0.556. The second-order valence-electron chi connectivity index (χ2n) is 7.16. The quantitative estimate of drug-likeness (QED) is 0.717. The van der Waals surface area contributed by atoms with Crippen molar-refractivity contribution in [3.8, 4) is 0 Å². The molecule has 0 unspecified atom stereocenters. The number of amides is 1. The Hall–Kier alpha value is -1.93. The maximum atomic E-state index is 12.6. The lowest BCUT2D eigenvalue weighted by Crippen LogP contribution is -2.52. The van der Waals surface area contributed by atoms with Crippen LogP contribution in [0.25, 0.3) is 0 Å². The minimum absolute atomic E-state index is 0.0294. The first kappa shape index (κ1) is 17.5. The van der Waals surface area contributed by atoms with Crippen molar-refractivity contribution in [2.45, 2.75) is 25.0 Å². The average molecular weight is 378 g/mol. The van der Waals surface area contributed by atoms with Gasteiger partial charge < -0.3 is 9.64 Å². The number of rotatable bonds is 3. The van der Waals surface area contributed by atoms with Gasteiger partial charge in [0.05, 0.1) is 23.5 Å². The minimum Gasteiger partial charge on any atom is -0.453 e. The molecule has 2 fully saturated rings. The summed E-state index contributed by atoms with van der Waals surface area (Å²) in [6.07, 6.45) is 0.329. The highest BCUT2D eigenvalue weighted by Crippen LogP contribution is 2.33. The van der Waals surface area contributed by atoms with Gasteiger partial charge in [-0.05, 0) is 12.5 Å². The number of hydrogen-bond donors (Lipinski definition) is 0. The number of cyclic esters (lactones) is 1. The van der Waals surface area contributed by atoms with Gasteiger partial charge in [0.2, 0.25) is 5.91 Å². The second-order valence-corrected chi connectivity index (χ2v) is 9.39. The molecular weight excluding hydrogens is 356 g/mol. The summed E-state index contributed by atoms with van der Waals surface area (Å²) in [6.45, 7) is 2.54. The van der Waals surface area contributed by atoms with Crippen molar-refractivity contribution in [2.24, 2.45) is 0 Å². The van der Waals surface area contributed by atoms with E-state index >= 15 is 0 Å². The first-order valence-electron chi connectivity index (χ1n) is 8.95. The topological polar surface area (TPSA) is 84.0 Å². The number of fused-ring (bicyclic) bond motifs is 1. The van der Waals surface area contributed by atoms with Gasteiger partial charge in [0.25, 0.3) is 0 Å². The zero-order valence-electron chi connectivity index (χ0n) is 14.5. The molecule has 0 bridgehead atoms.